The fourth-order valence-electron chi connectivity index (χ4n) is 3.98. The Morgan fingerprint density at radius 1 is 1.09 bits per heavy atom. The number of benzene rings is 2. The van der Waals surface area contributed by atoms with Crippen molar-refractivity contribution >= 4 is 34.5 Å². The van der Waals surface area contributed by atoms with Crippen LogP contribution in [0.2, 0.25) is 5.02 Å². The summed E-state index contributed by atoms with van der Waals surface area (Å²) in [6.07, 6.45) is 1.65. The number of aromatic nitrogens is 2. The number of hydrogen-bond donors (Lipinski definition) is 1. The summed E-state index contributed by atoms with van der Waals surface area (Å²) in [5.74, 6) is 1.75. The second kappa shape index (κ2) is 8.84. The molecule has 5 rings (SSSR count). The van der Waals surface area contributed by atoms with Crippen LogP contribution >= 0.6 is 23.8 Å². The van der Waals surface area contributed by atoms with Gasteiger partial charge in [-0.2, -0.15) is 4.98 Å². The summed E-state index contributed by atoms with van der Waals surface area (Å²) < 4.78 is 11.3. The molecule has 0 saturated carbocycles. The van der Waals surface area contributed by atoms with Crippen LogP contribution in [0.15, 0.2) is 81.6 Å². The maximum absolute atomic E-state index is 6.30. The van der Waals surface area contributed by atoms with E-state index in [0.29, 0.717) is 28.4 Å². The van der Waals surface area contributed by atoms with Crippen molar-refractivity contribution in [2.24, 2.45) is 0 Å². The van der Waals surface area contributed by atoms with Gasteiger partial charge in [-0.1, -0.05) is 52.7 Å². The smallest absolute Gasteiger partial charge is 0.258 e. The molecule has 2 aromatic heterocycles. The third-order valence-electron chi connectivity index (χ3n) is 5.61. The summed E-state index contributed by atoms with van der Waals surface area (Å²) >= 11 is 12.0. The Balaban J connectivity index is 1.61. The van der Waals surface area contributed by atoms with Gasteiger partial charge >= 0.3 is 0 Å². The van der Waals surface area contributed by atoms with E-state index >= 15 is 0 Å². The van der Waals surface area contributed by atoms with Crippen LogP contribution in [0.25, 0.3) is 17.0 Å². The van der Waals surface area contributed by atoms with Crippen molar-refractivity contribution in [3.05, 3.63) is 100 Å². The molecule has 33 heavy (non-hydrogen) atoms. The van der Waals surface area contributed by atoms with Crippen LogP contribution in [0.4, 0.5) is 0 Å². The fraction of sp³-hybridized carbons (Fsp3) is 0.160. The Bertz CT molecular complexity index is 1350. The molecule has 2 aromatic carbocycles. The molecule has 0 amide bonds. The van der Waals surface area contributed by atoms with E-state index in [2.05, 4.69) is 10.5 Å². The Morgan fingerprint density at radius 2 is 1.94 bits per heavy atom. The lowest BCUT2D eigenvalue weighted by Crippen LogP contribution is -2.45. The molecule has 6 nitrogen and oxygen atoms in total. The molecule has 0 saturated heterocycles. The first-order chi connectivity index (χ1) is 16.0. The molecule has 0 bridgehead atoms. The third-order valence-corrected chi connectivity index (χ3v) is 6.18. The predicted octanol–water partition coefficient (Wildman–Crippen LogP) is 6.15. The van der Waals surface area contributed by atoms with Gasteiger partial charge in [-0.3, -0.25) is 0 Å². The Kier molecular flexibility index (Phi) is 5.74. The number of rotatable bonds is 5. The summed E-state index contributed by atoms with van der Waals surface area (Å²) in [6.45, 7) is 4.51. The summed E-state index contributed by atoms with van der Waals surface area (Å²) in [7, 11) is 0. The van der Waals surface area contributed by atoms with Gasteiger partial charge in [0.05, 0.1) is 24.4 Å². The Morgan fingerprint density at radius 3 is 2.70 bits per heavy atom. The summed E-state index contributed by atoms with van der Waals surface area (Å²) in [6, 6.07) is 19.2. The van der Waals surface area contributed by atoms with Gasteiger partial charge in [-0.25, -0.2) is 0 Å². The lowest BCUT2D eigenvalue weighted by atomic mass is 9.95. The summed E-state index contributed by atoms with van der Waals surface area (Å²) in [5.41, 5.74) is 4.71. The minimum atomic E-state index is -0.296. The molecular weight excluding hydrogens is 456 g/mol. The quantitative estimate of drug-likeness (QED) is 0.346. The van der Waals surface area contributed by atoms with Gasteiger partial charge < -0.3 is 19.2 Å². The van der Waals surface area contributed by atoms with E-state index < -0.39 is 0 Å². The molecule has 0 spiro atoms. The molecule has 166 valence electrons. The van der Waals surface area contributed by atoms with Crippen molar-refractivity contribution in [1.82, 2.24) is 20.4 Å². The fourth-order valence-corrected chi connectivity index (χ4v) is 4.50. The molecular formula is C25H21ClN4O2S. The highest BCUT2D eigenvalue weighted by Gasteiger charge is 2.34. The van der Waals surface area contributed by atoms with Gasteiger partial charge in [0.1, 0.15) is 5.76 Å². The highest BCUT2D eigenvalue weighted by molar-refractivity contribution is 7.80. The second-order valence-electron chi connectivity index (χ2n) is 7.89. The van der Waals surface area contributed by atoms with Gasteiger partial charge in [-0.15, -0.1) is 0 Å². The molecule has 0 aliphatic carbocycles. The lowest BCUT2D eigenvalue weighted by Gasteiger charge is -2.37. The predicted molar refractivity (Wildman–Crippen MR) is 131 cm³/mol. The van der Waals surface area contributed by atoms with Crippen LogP contribution in [-0.4, -0.2) is 20.2 Å². The average molecular weight is 477 g/mol. The monoisotopic (exact) mass is 476 g/mol. The molecule has 3 heterocycles. The first-order valence-electron chi connectivity index (χ1n) is 10.5. The first kappa shape index (κ1) is 21.4. The minimum absolute atomic E-state index is 0.296. The lowest BCUT2D eigenvalue weighted by molar-refractivity contribution is 0.382. The van der Waals surface area contributed by atoms with Crippen LogP contribution in [0, 0.1) is 6.92 Å². The molecule has 0 fully saturated rings. The van der Waals surface area contributed by atoms with Crippen molar-refractivity contribution in [1.29, 1.82) is 0 Å². The number of furan rings is 1. The van der Waals surface area contributed by atoms with Gasteiger partial charge in [0.25, 0.3) is 5.89 Å². The topological polar surface area (TPSA) is 67.3 Å². The molecule has 4 aromatic rings. The van der Waals surface area contributed by atoms with E-state index in [1.54, 1.807) is 6.26 Å². The summed E-state index contributed by atoms with van der Waals surface area (Å²) in [5, 5.41) is 8.91. The van der Waals surface area contributed by atoms with E-state index in [1.807, 2.05) is 79.4 Å². The van der Waals surface area contributed by atoms with Crippen molar-refractivity contribution in [3.8, 4) is 11.4 Å². The molecule has 1 unspecified atom stereocenters. The highest BCUT2D eigenvalue weighted by atomic mass is 35.5. The van der Waals surface area contributed by atoms with Crippen LogP contribution in [0.1, 0.15) is 35.7 Å². The van der Waals surface area contributed by atoms with Crippen molar-refractivity contribution in [2.75, 3.05) is 0 Å². The molecule has 1 N–H and O–H groups in total. The van der Waals surface area contributed by atoms with Crippen LogP contribution in [0.5, 0.6) is 0 Å². The van der Waals surface area contributed by atoms with E-state index in [4.69, 9.17) is 37.7 Å². The maximum Gasteiger partial charge on any atom is 0.258 e. The number of thiocarbonyl (C=S) groups is 1. The molecule has 1 aliphatic heterocycles. The zero-order valence-corrected chi connectivity index (χ0v) is 19.7. The first-order valence-corrected chi connectivity index (χ1v) is 11.3. The standard InChI is InChI=1S/C25H21ClN4O2S/c1-15-6-3-8-18(12-15)23-28-24(32-29-23)21-16(2)30(14-20-10-5-11-31-20)25(33)27-22(21)17-7-4-9-19(26)13-17/h3-13,22H,14H2,1-2H3,(H,27,33). The number of aryl methyl sites for hydroxylation is 1. The maximum atomic E-state index is 6.30. The second-order valence-corrected chi connectivity index (χ2v) is 8.72. The van der Waals surface area contributed by atoms with E-state index in [1.165, 1.54) is 0 Å². The Hall–Kier alpha value is -3.42. The molecule has 8 heteroatoms. The average Bonchev–Trinajstić information content (AvgIpc) is 3.49. The summed E-state index contributed by atoms with van der Waals surface area (Å²) in [4.78, 5) is 6.72. The van der Waals surface area contributed by atoms with Gasteiger partial charge in [-0.05, 0) is 62.0 Å². The third kappa shape index (κ3) is 4.29. The van der Waals surface area contributed by atoms with Crippen molar-refractivity contribution in [3.63, 3.8) is 0 Å². The number of nitrogens with zero attached hydrogens (tertiary/aromatic N) is 3. The van der Waals surface area contributed by atoms with E-state index in [-0.39, 0.29) is 6.04 Å². The SMILES string of the molecule is CC1=C(c2nc(-c3cccc(C)c3)no2)C(c2cccc(Cl)c2)NC(=S)N1Cc1ccco1. The Labute approximate surface area is 201 Å². The largest absolute Gasteiger partial charge is 0.467 e. The van der Waals surface area contributed by atoms with Gasteiger partial charge in [0.15, 0.2) is 5.11 Å². The van der Waals surface area contributed by atoms with Gasteiger partial charge in [0.2, 0.25) is 5.82 Å². The molecule has 1 aliphatic rings. The van der Waals surface area contributed by atoms with Crippen LogP contribution in [-0.2, 0) is 6.54 Å². The van der Waals surface area contributed by atoms with Crippen molar-refractivity contribution in [2.45, 2.75) is 26.4 Å². The number of allylic oxidation sites excluding steroid dienone is 1. The van der Waals surface area contributed by atoms with Crippen LogP contribution in [0.3, 0.4) is 0 Å². The normalized spacial score (nSPS) is 16.3. The molecule has 1 atom stereocenters. The minimum Gasteiger partial charge on any atom is -0.467 e. The molecule has 0 radical (unpaired) electrons. The van der Waals surface area contributed by atoms with E-state index in [0.717, 1.165) is 33.7 Å². The van der Waals surface area contributed by atoms with Crippen molar-refractivity contribution < 1.29 is 8.94 Å². The highest BCUT2D eigenvalue weighted by Crippen LogP contribution is 2.38. The zero-order chi connectivity index (χ0) is 22.9. The number of hydrogen-bond acceptors (Lipinski definition) is 5. The van der Waals surface area contributed by atoms with Gasteiger partial charge in [0, 0.05) is 16.3 Å². The number of nitrogens with one attached hydrogen (secondary N) is 1. The number of halogens is 1. The van der Waals surface area contributed by atoms with Crippen LogP contribution < -0.4 is 5.32 Å². The zero-order valence-electron chi connectivity index (χ0n) is 18.1. The van der Waals surface area contributed by atoms with E-state index in [9.17, 15) is 0 Å².